The number of phenols is 1. The molecule has 2 N–H and O–H groups in total. The van der Waals surface area contributed by atoms with E-state index in [0.29, 0.717) is 0 Å². The molecule has 0 spiro atoms. The number of benzene rings is 2. The second-order valence-electron chi connectivity index (χ2n) is 4.26. The van der Waals surface area contributed by atoms with Gasteiger partial charge in [0.15, 0.2) is 0 Å². The normalized spacial score (nSPS) is 10.3. The van der Waals surface area contributed by atoms with E-state index in [9.17, 15) is 9.90 Å². The summed E-state index contributed by atoms with van der Waals surface area (Å²) in [6.07, 6.45) is 0.0124. The monoisotopic (exact) mass is 242 g/mol. The summed E-state index contributed by atoms with van der Waals surface area (Å²) in [7, 11) is 0. The van der Waals surface area contributed by atoms with Crippen LogP contribution in [0.1, 0.15) is 11.1 Å². The Morgan fingerprint density at radius 2 is 1.83 bits per heavy atom. The summed E-state index contributed by atoms with van der Waals surface area (Å²) in [5.41, 5.74) is 3.54. The minimum absolute atomic E-state index is 0.0124. The summed E-state index contributed by atoms with van der Waals surface area (Å²) >= 11 is 0. The van der Waals surface area contributed by atoms with Crippen molar-refractivity contribution in [2.24, 2.45) is 0 Å². The number of carboxylic acids is 1. The molecule has 2 aromatic rings. The Kier molecular flexibility index (Phi) is 3.33. The third kappa shape index (κ3) is 2.69. The Hall–Kier alpha value is -2.29. The molecule has 0 saturated heterocycles. The van der Waals surface area contributed by atoms with Crippen LogP contribution in [0.5, 0.6) is 5.75 Å². The van der Waals surface area contributed by atoms with Crippen LogP contribution in [-0.2, 0) is 11.2 Å². The molecule has 0 radical (unpaired) electrons. The van der Waals surface area contributed by atoms with Crippen LogP contribution in [0.3, 0.4) is 0 Å². The van der Waals surface area contributed by atoms with Crippen LogP contribution in [0.2, 0.25) is 0 Å². The van der Waals surface area contributed by atoms with Crippen molar-refractivity contribution >= 4 is 5.97 Å². The SMILES string of the molecule is Cc1ccc(-c2cccc(O)c2)cc1CC(=O)O. The number of carboxylic acid groups (broad SMARTS) is 1. The highest BCUT2D eigenvalue weighted by molar-refractivity contribution is 5.73. The smallest absolute Gasteiger partial charge is 0.307 e. The maximum atomic E-state index is 10.8. The van der Waals surface area contributed by atoms with E-state index in [1.807, 2.05) is 31.2 Å². The van der Waals surface area contributed by atoms with Gasteiger partial charge in [-0.15, -0.1) is 0 Å². The molecule has 0 saturated carbocycles. The molecule has 0 aromatic heterocycles. The molecule has 92 valence electrons. The highest BCUT2D eigenvalue weighted by atomic mass is 16.4. The fraction of sp³-hybridized carbons (Fsp3) is 0.133. The average Bonchev–Trinajstić information content (AvgIpc) is 2.31. The first-order valence-corrected chi connectivity index (χ1v) is 5.67. The van der Waals surface area contributed by atoms with E-state index in [-0.39, 0.29) is 12.2 Å². The molecule has 0 unspecified atom stereocenters. The van der Waals surface area contributed by atoms with Gasteiger partial charge >= 0.3 is 5.97 Å². The van der Waals surface area contributed by atoms with Gasteiger partial charge in [-0.05, 0) is 41.3 Å². The third-order valence-electron chi connectivity index (χ3n) is 2.87. The average molecular weight is 242 g/mol. The van der Waals surface area contributed by atoms with Crippen LogP contribution in [-0.4, -0.2) is 16.2 Å². The van der Waals surface area contributed by atoms with Crippen molar-refractivity contribution in [3.63, 3.8) is 0 Å². The van der Waals surface area contributed by atoms with E-state index in [4.69, 9.17) is 5.11 Å². The molecule has 0 heterocycles. The topological polar surface area (TPSA) is 57.5 Å². The fourth-order valence-electron chi connectivity index (χ4n) is 1.89. The van der Waals surface area contributed by atoms with Crippen LogP contribution in [0.4, 0.5) is 0 Å². The van der Waals surface area contributed by atoms with Gasteiger partial charge in [-0.3, -0.25) is 4.79 Å². The Morgan fingerprint density at radius 1 is 1.11 bits per heavy atom. The number of rotatable bonds is 3. The first kappa shape index (κ1) is 12.2. The lowest BCUT2D eigenvalue weighted by molar-refractivity contribution is -0.136. The molecule has 0 amide bonds. The standard InChI is InChI=1S/C15H14O3/c1-10-5-6-12(7-13(10)9-15(17)18)11-3-2-4-14(16)8-11/h2-8,16H,9H2,1H3,(H,17,18). The largest absolute Gasteiger partial charge is 0.508 e. The van der Waals surface area contributed by atoms with Crippen molar-refractivity contribution in [3.05, 3.63) is 53.6 Å². The van der Waals surface area contributed by atoms with Crippen LogP contribution in [0.25, 0.3) is 11.1 Å². The van der Waals surface area contributed by atoms with Crippen molar-refractivity contribution in [2.45, 2.75) is 13.3 Å². The van der Waals surface area contributed by atoms with Gasteiger partial charge in [0.25, 0.3) is 0 Å². The maximum absolute atomic E-state index is 10.8. The van der Waals surface area contributed by atoms with E-state index in [1.165, 1.54) is 0 Å². The minimum Gasteiger partial charge on any atom is -0.508 e. The molecular weight excluding hydrogens is 228 g/mol. The summed E-state index contributed by atoms with van der Waals surface area (Å²) in [6.45, 7) is 1.89. The Bertz CT molecular complexity index is 588. The summed E-state index contributed by atoms with van der Waals surface area (Å²) in [4.78, 5) is 10.8. The molecule has 3 heteroatoms. The lowest BCUT2D eigenvalue weighted by Gasteiger charge is -2.08. The summed E-state index contributed by atoms with van der Waals surface area (Å²) < 4.78 is 0. The fourth-order valence-corrected chi connectivity index (χ4v) is 1.89. The highest BCUT2D eigenvalue weighted by Crippen LogP contribution is 2.25. The van der Waals surface area contributed by atoms with Gasteiger partial charge in [0.05, 0.1) is 6.42 Å². The van der Waals surface area contributed by atoms with Gasteiger partial charge in [0, 0.05) is 0 Å². The first-order chi connectivity index (χ1) is 8.56. The van der Waals surface area contributed by atoms with Crippen LogP contribution in [0, 0.1) is 6.92 Å². The van der Waals surface area contributed by atoms with Crippen LogP contribution < -0.4 is 0 Å². The van der Waals surface area contributed by atoms with Gasteiger partial charge in [0.2, 0.25) is 0 Å². The van der Waals surface area contributed by atoms with Crippen molar-refractivity contribution < 1.29 is 15.0 Å². The number of phenolic OH excluding ortho intramolecular Hbond substituents is 1. The molecule has 0 fully saturated rings. The Balaban J connectivity index is 2.43. The summed E-state index contributed by atoms with van der Waals surface area (Å²) in [6, 6.07) is 12.6. The third-order valence-corrected chi connectivity index (χ3v) is 2.87. The molecule has 3 nitrogen and oxygen atoms in total. The van der Waals surface area contributed by atoms with Gasteiger partial charge in [0.1, 0.15) is 5.75 Å². The first-order valence-electron chi connectivity index (χ1n) is 5.67. The number of carbonyl (C=O) groups is 1. The zero-order valence-corrected chi connectivity index (χ0v) is 10.1. The molecule has 2 aromatic carbocycles. The predicted molar refractivity (Wildman–Crippen MR) is 69.6 cm³/mol. The lowest BCUT2D eigenvalue weighted by atomic mass is 9.98. The second-order valence-corrected chi connectivity index (χ2v) is 4.26. The summed E-state index contributed by atoms with van der Waals surface area (Å²) in [5, 5.41) is 18.3. The maximum Gasteiger partial charge on any atom is 0.307 e. The quantitative estimate of drug-likeness (QED) is 0.869. The molecule has 18 heavy (non-hydrogen) atoms. The van der Waals surface area contributed by atoms with Crippen molar-refractivity contribution in [1.29, 1.82) is 0 Å². The van der Waals surface area contributed by atoms with Crippen molar-refractivity contribution in [1.82, 2.24) is 0 Å². The van der Waals surface area contributed by atoms with Gasteiger partial charge in [-0.1, -0.05) is 30.3 Å². The number of aryl methyl sites for hydroxylation is 1. The second kappa shape index (κ2) is 4.92. The van der Waals surface area contributed by atoms with E-state index >= 15 is 0 Å². The molecule has 0 aliphatic heterocycles. The lowest BCUT2D eigenvalue weighted by Crippen LogP contribution is -2.02. The predicted octanol–water partition coefficient (Wildman–Crippen LogP) is 2.99. The molecule has 0 aliphatic rings. The van der Waals surface area contributed by atoms with Gasteiger partial charge < -0.3 is 10.2 Å². The Morgan fingerprint density at radius 3 is 2.50 bits per heavy atom. The van der Waals surface area contributed by atoms with Gasteiger partial charge in [-0.2, -0.15) is 0 Å². The van der Waals surface area contributed by atoms with Gasteiger partial charge in [-0.25, -0.2) is 0 Å². The minimum atomic E-state index is -0.842. The molecule has 0 atom stereocenters. The molecule has 0 bridgehead atoms. The van der Waals surface area contributed by atoms with E-state index in [1.54, 1.807) is 18.2 Å². The van der Waals surface area contributed by atoms with E-state index < -0.39 is 5.97 Å². The van der Waals surface area contributed by atoms with Crippen LogP contribution >= 0.6 is 0 Å². The zero-order valence-electron chi connectivity index (χ0n) is 10.1. The zero-order chi connectivity index (χ0) is 13.1. The number of hydrogen-bond donors (Lipinski definition) is 2. The molecular formula is C15H14O3. The summed E-state index contributed by atoms with van der Waals surface area (Å²) in [5.74, 6) is -0.640. The Labute approximate surface area is 105 Å². The number of aromatic hydroxyl groups is 1. The highest BCUT2D eigenvalue weighted by Gasteiger charge is 2.06. The van der Waals surface area contributed by atoms with Crippen molar-refractivity contribution in [3.8, 4) is 16.9 Å². The van der Waals surface area contributed by atoms with Crippen molar-refractivity contribution in [2.75, 3.05) is 0 Å². The van der Waals surface area contributed by atoms with E-state index in [2.05, 4.69) is 0 Å². The molecule has 0 aliphatic carbocycles. The number of hydrogen-bond acceptors (Lipinski definition) is 2. The van der Waals surface area contributed by atoms with E-state index in [0.717, 1.165) is 22.3 Å². The number of aliphatic carboxylic acids is 1. The molecule has 2 rings (SSSR count). The van der Waals surface area contributed by atoms with Crippen LogP contribution in [0.15, 0.2) is 42.5 Å².